The van der Waals surface area contributed by atoms with E-state index in [2.05, 4.69) is 52.7 Å². The quantitative estimate of drug-likeness (QED) is 0.749. The molecule has 1 aromatic carbocycles. The number of carbonyl (C=O) groups is 1. The first-order chi connectivity index (χ1) is 11.3. The lowest BCUT2D eigenvalue weighted by Crippen LogP contribution is -2.38. The Hall–Kier alpha value is -1.45. The second-order valence-electron chi connectivity index (χ2n) is 6.92. The molecule has 1 saturated carbocycles. The minimum Gasteiger partial charge on any atom is -0.313 e. The minimum absolute atomic E-state index is 0.681. The highest BCUT2D eigenvalue weighted by Crippen LogP contribution is 2.32. The maximum absolute atomic E-state index is 10.4. The first-order valence-electron chi connectivity index (χ1n) is 8.98. The van der Waals surface area contributed by atoms with Crippen molar-refractivity contribution in [2.45, 2.75) is 31.7 Å². The molecule has 0 bridgehead atoms. The maximum Gasteiger partial charge on any atom is 0.121 e. The number of likely N-dealkylation sites (tertiary alicyclic amines) is 1. The molecule has 1 aliphatic carbocycles. The van der Waals surface area contributed by atoms with Crippen LogP contribution >= 0.6 is 0 Å². The molecule has 1 aliphatic heterocycles. The van der Waals surface area contributed by atoms with Crippen molar-refractivity contribution in [3.63, 3.8) is 0 Å². The number of benzene rings is 1. The van der Waals surface area contributed by atoms with E-state index < -0.39 is 0 Å². The van der Waals surface area contributed by atoms with Crippen LogP contribution in [0, 0.1) is 11.8 Å². The Kier molecular flexibility index (Phi) is 6.00. The van der Waals surface area contributed by atoms with Gasteiger partial charge in [-0.3, -0.25) is 0 Å². The topological polar surface area (TPSA) is 32.3 Å². The standard InChI is InChI=1S/C20H28N2O/c23-14-4-11-22-12-9-18(10-13-22)16-21-20-15-19(20)8-7-17-5-2-1-3-6-17/h1-3,5-8,14,18-21H,4,9-13,15-16H2/b8-7+. The molecule has 2 atom stereocenters. The van der Waals surface area contributed by atoms with Crippen LogP contribution in [-0.4, -0.2) is 43.4 Å². The van der Waals surface area contributed by atoms with E-state index in [1.165, 1.54) is 24.8 Å². The van der Waals surface area contributed by atoms with Gasteiger partial charge in [0.15, 0.2) is 0 Å². The summed E-state index contributed by atoms with van der Waals surface area (Å²) in [4.78, 5) is 12.9. The SMILES string of the molecule is O=CCCN1CCC(CNC2CC2/C=C/c2ccccc2)CC1. The molecule has 124 valence electrons. The van der Waals surface area contributed by atoms with Gasteiger partial charge in [-0.05, 0) is 56.3 Å². The van der Waals surface area contributed by atoms with Crippen LogP contribution in [0.1, 0.15) is 31.2 Å². The Labute approximate surface area is 139 Å². The monoisotopic (exact) mass is 312 g/mol. The Morgan fingerprint density at radius 3 is 2.70 bits per heavy atom. The average Bonchev–Trinajstić information content (AvgIpc) is 3.37. The zero-order valence-electron chi connectivity index (χ0n) is 13.9. The predicted molar refractivity (Wildman–Crippen MR) is 95.2 cm³/mol. The van der Waals surface area contributed by atoms with Gasteiger partial charge in [0.25, 0.3) is 0 Å². The van der Waals surface area contributed by atoms with Gasteiger partial charge < -0.3 is 15.0 Å². The number of nitrogens with one attached hydrogen (secondary N) is 1. The maximum atomic E-state index is 10.4. The van der Waals surface area contributed by atoms with Crippen LogP contribution in [0.5, 0.6) is 0 Å². The van der Waals surface area contributed by atoms with Crippen LogP contribution in [-0.2, 0) is 4.79 Å². The zero-order chi connectivity index (χ0) is 15.9. The Bertz CT molecular complexity index is 506. The normalized spacial score (nSPS) is 25.7. The highest BCUT2D eigenvalue weighted by Gasteiger charge is 2.34. The summed E-state index contributed by atoms with van der Waals surface area (Å²) in [6.45, 7) is 4.41. The van der Waals surface area contributed by atoms with Crippen molar-refractivity contribution in [2.24, 2.45) is 11.8 Å². The summed E-state index contributed by atoms with van der Waals surface area (Å²) >= 11 is 0. The smallest absolute Gasteiger partial charge is 0.121 e. The number of piperidine rings is 1. The Morgan fingerprint density at radius 1 is 1.17 bits per heavy atom. The summed E-state index contributed by atoms with van der Waals surface area (Å²) in [5, 5.41) is 3.74. The number of carbonyl (C=O) groups excluding carboxylic acids is 1. The lowest BCUT2D eigenvalue weighted by Gasteiger charge is -2.31. The van der Waals surface area contributed by atoms with E-state index >= 15 is 0 Å². The summed E-state index contributed by atoms with van der Waals surface area (Å²) in [7, 11) is 0. The van der Waals surface area contributed by atoms with Crippen molar-refractivity contribution in [3.8, 4) is 0 Å². The first-order valence-corrected chi connectivity index (χ1v) is 8.98. The fourth-order valence-electron chi connectivity index (χ4n) is 3.43. The van der Waals surface area contributed by atoms with Gasteiger partial charge in [0, 0.05) is 19.0 Å². The Morgan fingerprint density at radius 2 is 1.96 bits per heavy atom. The van der Waals surface area contributed by atoms with E-state index in [9.17, 15) is 4.79 Å². The van der Waals surface area contributed by atoms with Crippen molar-refractivity contribution in [3.05, 3.63) is 42.0 Å². The van der Waals surface area contributed by atoms with Crippen LogP contribution in [0.25, 0.3) is 6.08 Å². The van der Waals surface area contributed by atoms with Crippen LogP contribution in [0.2, 0.25) is 0 Å². The molecule has 0 aromatic heterocycles. The fraction of sp³-hybridized carbons (Fsp3) is 0.550. The molecule has 1 saturated heterocycles. The highest BCUT2D eigenvalue weighted by atomic mass is 16.1. The van der Waals surface area contributed by atoms with Crippen molar-refractivity contribution in [1.82, 2.24) is 10.2 Å². The molecule has 1 heterocycles. The number of aldehydes is 1. The molecule has 0 radical (unpaired) electrons. The molecule has 1 aromatic rings. The first kappa shape index (κ1) is 16.4. The summed E-state index contributed by atoms with van der Waals surface area (Å²) in [6.07, 6.45) is 10.1. The molecule has 2 aliphatic rings. The minimum atomic E-state index is 0.681. The molecule has 0 spiro atoms. The largest absolute Gasteiger partial charge is 0.313 e. The fourth-order valence-corrected chi connectivity index (χ4v) is 3.43. The highest BCUT2D eigenvalue weighted by molar-refractivity contribution is 5.50. The molecule has 3 heteroatoms. The molecule has 1 N–H and O–H groups in total. The van der Waals surface area contributed by atoms with E-state index in [4.69, 9.17) is 0 Å². The van der Waals surface area contributed by atoms with E-state index in [1.54, 1.807) is 0 Å². The van der Waals surface area contributed by atoms with Crippen LogP contribution in [0.3, 0.4) is 0 Å². The van der Waals surface area contributed by atoms with Crippen molar-refractivity contribution < 1.29 is 4.79 Å². The van der Waals surface area contributed by atoms with Crippen LogP contribution in [0.15, 0.2) is 36.4 Å². The van der Waals surface area contributed by atoms with Crippen LogP contribution < -0.4 is 5.32 Å². The number of nitrogens with zero attached hydrogens (tertiary/aromatic N) is 1. The van der Waals surface area contributed by atoms with Gasteiger partial charge in [-0.15, -0.1) is 0 Å². The predicted octanol–water partition coefficient (Wildman–Crippen LogP) is 2.98. The van der Waals surface area contributed by atoms with E-state index in [0.717, 1.165) is 38.4 Å². The van der Waals surface area contributed by atoms with E-state index in [-0.39, 0.29) is 0 Å². The third kappa shape index (κ3) is 5.29. The third-order valence-corrected chi connectivity index (χ3v) is 5.11. The summed E-state index contributed by atoms with van der Waals surface area (Å²) in [6, 6.07) is 11.2. The molecule has 3 nitrogen and oxygen atoms in total. The summed E-state index contributed by atoms with van der Waals surface area (Å²) in [5.74, 6) is 1.52. The molecule has 0 amide bonds. The lowest BCUT2D eigenvalue weighted by atomic mass is 9.96. The molecule has 3 rings (SSSR count). The summed E-state index contributed by atoms with van der Waals surface area (Å²) < 4.78 is 0. The molecule has 23 heavy (non-hydrogen) atoms. The molecular formula is C20H28N2O. The van der Waals surface area contributed by atoms with Gasteiger partial charge in [-0.25, -0.2) is 0 Å². The number of hydrogen-bond donors (Lipinski definition) is 1. The number of hydrogen-bond acceptors (Lipinski definition) is 3. The zero-order valence-corrected chi connectivity index (χ0v) is 13.9. The van der Waals surface area contributed by atoms with E-state index in [1.807, 2.05) is 0 Å². The summed E-state index contributed by atoms with van der Waals surface area (Å²) in [5.41, 5.74) is 1.29. The molecule has 2 unspecified atom stereocenters. The van der Waals surface area contributed by atoms with Gasteiger partial charge in [-0.2, -0.15) is 0 Å². The second kappa shape index (κ2) is 8.42. The number of rotatable bonds is 8. The van der Waals surface area contributed by atoms with Gasteiger partial charge in [0.05, 0.1) is 0 Å². The molecular weight excluding hydrogens is 284 g/mol. The average molecular weight is 312 g/mol. The lowest BCUT2D eigenvalue weighted by molar-refractivity contribution is -0.108. The van der Waals surface area contributed by atoms with Crippen LogP contribution in [0.4, 0.5) is 0 Å². The van der Waals surface area contributed by atoms with Crippen molar-refractivity contribution in [2.75, 3.05) is 26.2 Å². The van der Waals surface area contributed by atoms with E-state index in [0.29, 0.717) is 18.4 Å². The second-order valence-corrected chi connectivity index (χ2v) is 6.92. The van der Waals surface area contributed by atoms with Crippen molar-refractivity contribution in [1.29, 1.82) is 0 Å². The molecule has 2 fully saturated rings. The van der Waals surface area contributed by atoms with Crippen molar-refractivity contribution >= 4 is 12.4 Å². The van der Waals surface area contributed by atoms with Gasteiger partial charge >= 0.3 is 0 Å². The Balaban J connectivity index is 1.31. The van der Waals surface area contributed by atoms with Gasteiger partial charge in [0.2, 0.25) is 0 Å². The van der Waals surface area contributed by atoms with Gasteiger partial charge in [-0.1, -0.05) is 42.5 Å². The van der Waals surface area contributed by atoms with Gasteiger partial charge in [0.1, 0.15) is 6.29 Å². The third-order valence-electron chi connectivity index (χ3n) is 5.11.